The second kappa shape index (κ2) is 4.41. The van der Waals surface area contributed by atoms with Crippen LogP contribution in [0.3, 0.4) is 0 Å². The molecule has 2 fully saturated rings. The van der Waals surface area contributed by atoms with Crippen LogP contribution >= 0.6 is 0 Å². The SMILES string of the molecule is Cc1noc(CNC2CCC23CCCCC3)n1. The lowest BCUT2D eigenvalue weighted by Crippen LogP contribution is -2.54. The summed E-state index contributed by atoms with van der Waals surface area (Å²) >= 11 is 0. The van der Waals surface area contributed by atoms with Gasteiger partial charge in [-0.2, -0.15) is 4.98 Å². The first-order valence-electron chi connectivity index (χ1n) is 6.81. The van der Waals surface area contributed by atoms with Crippen molar-refractivity contribution in [2.45, 2.75) is 64.5 Å². The van der Waals surface area contributed by atoms with Crippen LogP contribution in [0.2, 0.25) is 0 Å². The molecule has 0 aromatic carbocycles. The van der Waals surface area contributed by atoms with Crippen LogP contribution in [0.1, 0.15) is 56.7 Å². The largest absolute Gasteiger partial charge is 0.338 e. The van der Waals surface area contributed by atoms with Gasteiger partial charge >= 0.3 is 0 Å². The van der Waals surface area contributed by atoms with Gasteiger partial charge in [0.25, 0.3) is 0 Å². The van der Waals surface area contributed by atoms with Gasteiger partial charge in [0.2, 0.25) is 5.89 Å². The van der Waals surface area contributed by atoms with Gasteiger partial charge in [-0.05, 0) is 38.0 Å². The zero-order chi connectivity index (χ0) is 11.7. The fourth-order valence-electron chi connectivity index (χ4n) is 3.49. The van der Waals surface area contributed by atoms with E-state index in [4.69, 9.17) is 4.52 Å². The van der Waals surface area contributed by atoms with Gasteiger partial charge in [-0.3, -0.25) is 0 Å². The minimum atomic E-state index is 0.604. The smallest absolute Gasteiger partial charge is 0.240 e. The molecule has 0 radical (unpaired) electrons. The summed E-state index contributed by atoms with van der Waals surface area (Å²) in [5.74, 6) is 1.45. The van der Waals surface area contributed by atoms with Crippen molar-refractivity contribution in [1.29, 1.82) is 0 Å². The molecule has 4 heteroatoms. The standard InChI is InChI=1S/C13H21N3O/c1-10-15-12(17-16-10)9-14-11-5-8-13(11)6-3-2-4-7-13/h11,14H,2-9H2,1H3. The lowest BCUT2D eigenvalue weighted by Gasteiger charge is -2.52. The van der Waals surface area contributed by atoms with Crippen LogP contribution < -0.4 is 5.32 Å². The van der Waals surface area contributed by atoms with E-state index in [1.165, 1.54) is 44.9 Å². The van der Waals surface area contributed by atoms with E-state index in [0.717, 1.165) is 18.3 Å². The van der Waals surface area contributed by atoms with Gasteiger partial charge in [-0.1, -0.05) is 24.4 Å². The van der Waals surface area contributed by atoms with E-state index < -0.39 is 0 Å². The van der Waals surface area contributed by atoms with Crippen LogP contribution in [0.15, 0.2) is 4.52 Å². The molecule has 17 heavy (non-hydrogen) atoms. The molecule has 4 nitrogen and oxygen atoms in total. The molecule has 2 aliphatic rings. The number of rotatable bonds is 3. The first kappa shape index (κ1) is 11.2. The van der Waals surface area contributed by atoms with Crippen molar-refractivity contribution in [3.63, 3.8) is 0 Å². The Hall–Kier alpha value is -0.900. The zero-order valence-electron chi connectivity index (χ0n) is 10.5. The Morgan fingerprint density at radius 3 is 2.71 bits per heavy atom. The molecule has 94 valence electrons. The third-order valence-electron chi connectivity index (χ3n) is 4.59. The fraction of sp³-hybridized carbons (Fsp3) is 0.846. The average Bonchev–Trinajstić information content (AvgIpc) is 2.75. The number of aromatic nitrogens is 2. The van der Waals surface area contributed by atoms with Crippen LogP contribution in [-0.2, 0) is 6.54 Å². The van der Waals surface area contributed by atoms with Crippen LogP contribution in [0, 0.1) is 12.3 Å². The summed E-state index contributed by atoms with van der Waals surface area (Å²) in [5.41, 5.74) is 0.604. The Kier molecular flexibility index (Phi) is 2.90. The normalized spacial score (nSPS) is 27.0. The first-order chi connectivity index (χ1) is 8.28. The maximum Gasteiger partial charge on any atom is 0.240 e. The van der Waals surface area contributed by atoms with Crippen molar-refractivity contribution >= 4 is 0 Å². The van der Waals surface area contributed by atoms with Crippen LogP contribution in [-0.4, -0.2) is 16.2 Å². The van der Waals surface area contributed by atoms with Crippen molar-refractivity contribution in [1.82, 2.24) is 15.5 Å². The number of aryl methyl sites for hydroxylation is 1. The molecule has 1 aromatic rings. The molecule has 2 aliphatic carbocycles. The second-order valence-electron chi connectivity index (χ2n) is 5.63. The lowest BCUT2D eigenvalue weighted by molar-refractivity contribution is 0.0207. The minimum absolute atomic E-state index is 0.604. The van der Waals surface area contributed by atoms with E-state index in [9.17, 15) is 0 Å². The predicted molar refractivity (Wildman–Crippen MR) is 64.4 cm³/mol. The topological polar surface area (TPSA) is 51.0 Å². The van der Waals surface area contributed by atoms with E-state index in [2.05, 4.69) is 15.5 Å². The van der Waals surface area contributed by atoms with Gasteiger partial charge in [0.1, 0.15) is 0 Å². The van der Waals surface area contributed by atoms with Gasteiger partial charge < -0.3 is 9.84 Å². The Morgan fingerprint density at radius 2 is 2.12 bits per heavy atom. The van der Waals surface area contributed by atoms with Gasteiger partial charge in [0, 0.05) is 6.04 Å². The van der Waals surface area contributed by atoms with Crippen molar-refractivity contribution in [2.75, 3.05) is 0 Å². The van der Waals surface area contributed by atoms with Crippen LogP contribution in [0.4, 0.5) is 0 Å². The highest BCUT2D eigenvalue weighted by Crippen LogP contribution is 2.51. The van der Waals surface area contributed by atoms with E-state index >= 15 is 0 Å². The number of hydrogen-bond donors (Lipinski definition) is 1. The summed E-state index contributed by atoms with van der Waals surface area (Å²) in [6.07, 6.45) is 9.80. The predicted octanol–water partition coefficient (Wildman–Crippen LogP) is 2.58. The van der Waals surface area contributed by atoms with Crippen molar-refractivity contribution in [3.05, 3.63) is 11.7 Å². The van der Waals surface area contributed by atoms with Crippen molar-refractivity contribution < 1.29 is 4.52 Å². The Labute approximate surface area is 102 Å². The molecule has 1 atom stereocenters. The van der Waals surface area contributed by atoms with Gasteiger partial charge in [0.15, 0.2) is 5.82 Å². The highest BCUT2D eigenvalue weighted by Gasteiger charge is 2.46. The van der Waals surface area contributed by atoms with E-state index in [0.29, 0.717) is 11.5 Å². The van der Waals surface area contributed by atoms with E-state index in [-0.39, 0.29) is 0 Å². The molecule has 0 saturated heterocycles. The maximum absolute atomic E-state index is 5.14. The lowest BCUT2D eigenvalue weighted by atomic mass is 9.57. The number of hydrogen-bond acceptors (Lipinski definition) is 4. The summed E-state index contributed by atoms with van der Waals surface area (Å²) in [5, 5.41) is 7.43. The highest BCUT2D eigenvalue weighted by atomic mass is 16.5. The van der Waals surface area contributed by atoms with Crippen molar-refractivity contribution in [2.24, 2.45) is 5.41 Å². The minimum Gasteiger partial charge on any atom is -0.338 e. The molecule has 2 saturated carbocycles. The molecule has 1 aromatic heterocycles. The number of nitrogens with one attached hydrogen (secondary N) is 1. The average molecular weight is 235 g/mol. The Morgan fingerprint density at radius 1 is 1.29 bits per heavy atom. The van der Waals surface area contributed by atoms with Crippen molar-refractivity contribution in [3.8, 4) is 0 Å². The van der Waals surface area contributed by atoms with E-state index in [1.807, 2.05) is 6.92 Å². The summed E-state index contributed by atoms with van der Waals surface area (Å²) < 4.78 is 5.14. The fourth-order valence-corrected chi connectivity index (χ4v) is 3.49. The van der Waals surface area contributed by atoms with Gasteiger partial charge in [-0.15, -0.1) is 0 Å². The summed E-state index contributed by atoms with van der Waals surface area (Å²) in [4.78, 5) is 4.23. The zero-order valence-corrected chi connectivity index (χ0v) is 10.5. The molecule has 0 bridgehead atoms. The second-order valence-corrected chi connectivity index (χ2v) is 5.63. The molecule has 0 amide bonds. The molecule has 1 N–H and O–H groups in total. The monoisotopic (exact) mass is 235 g/mol. The molecule has 0 aliphatic heterocycles. The molecule has 1 unspecified atom stereocenters. The Balaban J connectivity index is 1.55. The molecular formula is C13H21N3O. The highest BCUT2D eigenvalue weighted by molar-refractivity contribution is 5.02. The third kappa shape index (κ3) is 2.10. The third-order valence-corrected chi connectivity index (χ3v) is 4.59. The Bertz CT molecular complexity index is 382. The van der Waals surface area contributed by atoms with Gasteiger partial charge in [-0.25, -0.2) is 0 Å². The molecule has 1 heterocycles. The molecular weight excluding hydrogens is 214 g/mol. The maximum atomic E-state index is 5.14. The van der Waals surface area contributed by atoms with Crippen LogP contribution in [0.5, 0.6) is 0 Å². The quantitative estimate of drug-likeness (QED) is 0.875. The first-order valence-corrected chi connectivity index (χ1v) is 6.81. The summed E-state index contributed by atoms with van der Waals surface area (Å²) in [6.45, 7) is 2.59. The van der Waals surface area contributed by atoms with E-state index in [1.54, 1.807) is 0 Å². The molecule has 1 spiro atoms. The summed E-state index contributed by atoms with van der Waals surface area (Å²) in [6, 6.07) is 0.676. The molecule has 3 rings (SSSR count). The summed E-state index contributed by atoms with van der Waals surface area (Å²) in [7, 11) is 0. The van der Waals surface area contributed by atoms with Gasteiger partial charge in [0.05, 0.1) is 6.54 Å². The number of nitrogens with zero attached hydrogens (tertiary/aromatic N) is 2. The van der Waals surface area contributed by atoms with Crippen LogP contribution in [0.25, 0.3) is 0 Å².